The molecule has 4 aromatic rings. The average molecular weight is 596 g/mol. The predicted octanol–water partition coefficient (Wildman–Crippen LogP) is 6.56. The number of anilines is 1. The van der Waals surface area contributed by atoms with Gasteiger partial charge in [-0.1, -0.05) is 29.3 Å². The Morgan fingerprint density at radius 3 is 2.67 bits per heavy atom. The molecule has 4 heterocycles. The number of nitrogens with one attached hydrogen (secondary N) is 1. The van der Waals surface area contributed by atoms with Gasteiger partial charge in [-0.25, -0.2) is 9.78 Å². The first-order chi connectivity index (χ1) is 19.2. The van der Waals surface area contributed by atoms with Gasteiger partial charge in [0.1, 0.15) is 11.4 Å². The molecule has 7 rings (SSSR count). The minimum atomic E-state index is -0.948. The van der Waals surface area contributed by atoms with Crippen molar-refractivity contribution in [1.82, 2.24) is 14.5 Å². The summed E-state index contributed by atoms with van der Waals surface area (Å²) in [6.45, 7) is 3.03. The maximum Gasteiger partial charge on any atom is 0.337 e. The van der Waals surface area contributed by atoms with E-state index in [-0.39, 0.29) is 23.8 Å². The minimum Gasteiger partial charge on any atom is -0.465 e. The van der Waals surface area contributed by atoms with Crippen LogP contribution in [0.15, 0.2) is 47.8 Å². The van der Waals surface area contributed by atoms with Gasteiger partial charge in [0.25, 0.3) is 0 Å². The van der Waals surface area contributed by atoms with Crippen LogP contribution >= 0.6 is 34.5 Å². The quantitative estimate of drug-likeness (QED) is 0.265. The molecule has 1 spiro atoms. The number of ether oxygens (including phenoxy) is 1. The first-order valence-electron chi connectivity index (χ1n) is 13.4. The van der Waals surface area contributed by atoms with Crippen molar-refractivity contribution >= 4 is 63.1 Å². The summed E-state index contributed by atoms with van der Waals surface area (Å²) in [5, 5.41) is 6.36. The van der Waals surface area contributed by atoms with E-state index in [0.29, 0.717) is 27.0 Å². The zero-order chi connectivity index (χ0) is 27.9. The number of rotatable bonds is 5. The van der Waals surface area contributed by atoms with Gasteiger partial charge in [-0.2, -0.15) is 0 Å². The molecule has 40 heavy (non-hydrogen) atoms. The number of nitrogens with zero attached hydrogens (tertiary/aromatic N) is 3. The fourth-order valence-electron chi connectivity index (χ4n) is 7.01. The lowest BCUT2D eigenvalue weighted by Gasteiger charge is -2.39. The highest BCUT2D eigenvalue weighted by molar-refractivity contribution is 7.10. The molecule has 206 valence electrons. The van der Waals surface area contributed by atoms with Crippen LogP contribution in [0.4, 0.5) is 5.69 Å². The first-order valence-corrected chi connectivity index (χ1v) is 15.0. The topological polar surface area (TPSA) is 76.5 Å². The van der Waals surface area contributed by atoms with E-state index >= 15 is 0 Å². The number of aryl methyl sites for hydroxylation is 1. The monoisotopic (exact) mass is 594 g/mol. The molecule has 2 fully saturated rings. The van der Waals surface area contributed by atoms with Crippen LogP contribution in [0.2, 0.25) is 10.0 Å². The molecule has 1 aliphatic carbocycles. The van der Waals surface area contributed by atoms with Crippen LogP contribution in [0.25, 0.3) is 11.0 Å². The third-order valence-electron chi connectivity index (χ3n) is 8.94. The Balaban J connectivity index is 1.48. The third-order valence-corrected chi connectivity index (χ3v) is 10.5. The number of amides is 1. The van der Waals surface area contributed by atoms with E-state index in [1.165, 1.54) is 7.11 Å². The lowest BCUT2D eigenvalue weighted by molar-refractivity contribution is -0.127. The smallest absolute Gasteiger partial charge is 0.337 e. The van der Waals surface area contributed by atoms with Crippen molar-refractivity contribution < 1.29 is 14.3 Å². The van der Waals surface area contributed by atoms with E-state index < -0.39 is 11.5 Å². The van der Waals surface area contributed by atoms with Crippen LogP contribution in [-0.2, 0) is 22.1 Å². The summed E-state index contributed by atoms with van der Waals surface area (Å²) >= 11 is 14.5. The van der Waals surface area contributed by atoms with Gasteiger partial charge in [-0.05, 0) is 62.1 Å². The number of carbonyl (C=O) groups excluding carboxylic acids is 2. The lowest BCUT2D eigenvalue weighted by atomic mass is 9.73. The second-order valence-corrected chi connectivity index (χ2v) is 13.0. The van der Waals surface area contributed by atoms with Crippen molar-refractivity contribution in [3.8, 4) is 0 Å². The minimum absolute atomic E-state index is 0.0190. The normalized spacial score (nSPS) is 26.0. The molecule has 2 aromatic heterocycles. The van der Waals surface area contributed by atoms with E-state index in [1.807, 2.05) is 42.8 Å². The summed E-state index contributed by atoms with van der Waals surface area (Å²) in [4.78, 5) is 35.3. The number of thiophene rings is 1. The van der Waals surface area contributed by atoms with E-state index in [9.17, 15) is 9.59 Å². The molecule has 0 bridgehead atoms. The zero-order valence-corrected chi connectivity index (χ0v) is 24.6. The number of hydrogen-bond acceptors (Lipinski definition) is 6. The van der Waals surface area contributed by atoms with Crippen LogP contribution < -0.4 is 5.32 Å². The Bertz CT molecular complexity index is 1700. The second kappa shape index (κ2) is 9.31. The SMILES string of the molecule is COC(=O)c1ccc2c(c1)nc([C@@H]1[C@H](C)N(CC3CC3)[C@@]3(C(=O)Nc4cc(Cl)ccc43)[C@H]1c1cc(Cl)cs1)n2C. The van der Waals surface area contributed by atoms with Crippen molar-refractivity contribution in [2.45, 2.75) is 43.2 Å². The fourth-order valence-corrected chi connectivity index (χ4v) is 8.47. The Labute approximate surface area is 246 Å². The second-order valence-electron chi connectivity index (χ2n) is 11.1. The summed E-state index contributed by atoms with van der Waals surface area (Å²) in [5.41, 5.74) is 2.83. The van der Waals surface area contributed by atoms with Crippen molar-refractivity contribution in [3.63, 3.8) is 0 Å². The molecule has 3 aliphatic rings. The molecule has 1 amide bonds. The Kier molecular flexibility index (Phi) is 6.06. The van der Waals surface area contributed by atoms with E-state index in [1.54, 1.807) is 23.5 Å². The van der Waals surface area contributed by atoms with Gasteiger partial charge in [-0.15, -0.1) is 11.3 Å². The van der Waals surface area contributed by atoms with Gasteiger partial charge in [0.2, 0.25) is 5.91 Å². The van der Waals surface area contributed by atoms with E-state index in [4.69, 9.17) is 32.9 Å². The molecule has 7 nitrogen and oxygen atoms in total. The summed E-state index contributed by atoms with van der Waals surface area (Å²) < 4.78 is 7.05. The maximum atomic E-state index is 14.4. The van der Waals surface area contributed by atoms with Gasteiger partial charge in [0.05, 0.1) is 28.7 Å². The number of imidazole rings is 1. The van der Waals surface area contributed by atoms with Crippen molar-refractivity contribution in [2.24, 2.45) is 13.0 Å². The van der Waals surface area contributed by atoms with E-state index in [0.717, 1.165) is 46.9 Å². The number of benzene rings is 2. The number of carbonyl (C=O) groups is 2. The number of halogens is 2. The Morgan fingerprint density at radius 2 is 1.98 bits per heavy atom. The molecule has 1 saturated carbocycles. The average Bonchev–Trinajstić information content (AvgIpc) is 3.36. The van der Waals surface area contributed by atoms with Crippen LogP contribution in [0.5, 0.6) is 0 Å². The highest BCUT2D eigenvalue weighted by Crippen LogP contribution is 2.63. The maximum absolute atomic E-state index is 14.4. The summed E-state index contributed by atoms with van der Waals surface area (Å²) in [5.74, 6) is 0.587. The number of aromatic nitrogens is 2. The van der Waals surface area contributed by atoms with Crippen LogP contribution in [0.1, 0.15) is 58.2 Å². The Hall–Kier alpha value is -2.91. The van der Waals surface area contributed by atoms with Crippen LogP contribution in [-0.4, -0.2) is 46.0 Å². The number of likely N-dealkylation sites (tertiary alicyclic amines) is 1. The van der Waals surface area contributed by atoms with Gasteiger partial charge < -0.3 is 14.6 Å². The highest BCUT2D eigenvalue weighted by atomic mass is 35.5. The summed E-state index contributed by atoms with van der Waals surface area (Å²) in [7, 11) is 3.38. The van der Waals surface area contributed by atoms with Crippen LogP contribution in [0.3, 0.4) is 0 Å². The molecule has 0 unspecified atom stereocenters. The largest absolute Gasteiger partial charge is 0.465 e. The van der Waals surface area contributed by atoms with Crippen molar-refractivity contribution in [2.75, 3.05) is 19.0 Å². The number of fused-ring (bicyclic) bond motifs is 3. The molecule has 2 aromatic carbocycles. The van der Waals surface area contributed by atoms with Gasteiger partial charge in [-0.3, -0.25) is 9.69 Å². The molecule has 1 N–H and O–H groups in total. The molecular weight excluding hydrogens is 567 g/mol. The van der Waals surface area contributed by atoms with Crippen molar-refractivity contribution in [1.29, 1.82) is 0 Å². The van der Waals surface area contributed by atoms with Gasteiger partial charge in [0.15, 0.2) is 0 Å². The predicted molar refractivity (Wildman–Crippen MR) is 158 cm³/mol. The summed E-state index contributed by atoms with van der Waals surface area (Å²) in [6.07, 6.45) is 2.33. The Morgan fingerprint density at radius 1 is 1.18 bits per heavy atom. The molecular formula is C30H28Cl2N4O3S. The molecule has 0 radical (unpaired) electrons. The van der Waals surface area contributed by atoms with E-state index in [2.05, 4.69) is 21.7 Å². The number of hydrogen-bond donors (Lipinski definition) is 1. The fraction of sp³-hybridized carbons (Fsp3) is 0.367. The highest BCUT2D eigenvalue weighted by Gasteiger charge is 2.67. The standard InChI is InChI=1S/C30H28Cl2N4O3S/c1-15-25(27-33-22-10-17(28(37)39-3)6-9-23(22)35(27)2)26(24-12-19(32)14-40-24)30(36(15)13-16-4-5-16)20-8-7-18(31)11-21(20)34-29(30)38/h6-12,14-16,25-26H,4-5,13H2,1-3H3,(H,34,38)/t15-,25+,26-,30+/m0/s1. The molecule has 1 saturated heterocycles. The molecule has 4 atom stereocenters. The van der Waals surface area contributed by atoms with Crippen LogP contribution in [0, 0.1) is 5.92 Å². The third kappa shape index (κ3) is 3.69. The number of esters is 1. The number of methoxy groups -OCH3 is 1. The van der Waals surface area contributed by atoms with Crippen molar-refractivity contribution in [3.05, 3.63) is 79.7 Å². The zero-order valence-electron chi connectivity index (χ0n) is 22.3. The van der Waals surface area contributed by atoms with Gasteiger partial charge >= 0.3 is 5.97 Å². The lowest BCUT2D eigenvalue weighted by Crippen LogP contribution is -2.52. The van der Waals surface area contributed by atoms with Gasteiger partial charge in [0, 0.05) is 58.0 Å². The molecule has 10 heteroatoms. The summed E-state index contributed by atoms with van der Waals surface area (Å²) in [6, 6.07) is 13.2. The molecule has 2 aliphatic heterocycles. The first kappa shape index (κ1) is 26.0.